The van der Waals surface area contributed by atoms with E-state index in [1.165, 1.54) is 6.07 Å². The number of benzene rings is 2. The Bertz CT molecular complexity index is 613. The molecule has 0 aliphatic heterocycles. The summed E-state index contributed by atoms with van der Waals surface area (Å²) in [5, 5.41) is 2.94. The maximum Gasteiger partial charge on any atom is 0.333 e. The predicted octanol–water partition coefficient (Wildman–Crippen LogP) is 3.85. The van der Waals surface area contributed by atoms with Gasteiger partial charge in [-0.3, -0.25) is 0 Å². The highest BCUT2D eigenvalue weighted by atomic mass is 19.1. The number of hydrogen-bond donors (Lipinski definition) is 1. The second kappa shape index (κ2) is 6.88. The van der Waals surface area contributed by atoms with E-state index in [0.29, 0.717) is 0 Å². The third-order valence-electron chi connectivity index (χ3n) is 3.08. The first-order valence-electron chi connectivity index (χ1n) is 6.86. The lowest BCUT2D eigenvalue weighted by Crippen LogP contribution is -2.23. The Hall–Kier alpha value is -2.36. The monoisotopic (exact) mass is 287 g/mol. The Morgan fingerprint density at radius 3 is 2.62 bits per heavy atom. The first-order chi connectivity index (χ1) is 10.1. The lowest BCUT2D eigenvalue weighted by molar-refractivity contribution is -0.144. The predicted molar refractivity (Wildman–Crippen MR) is 80.6 cm³/mol. The Balaban J connectivity index is 2.32. The molecule has 2 rings (SSSR count). The van der Waals surface area contributed by atoms with Crippen LogP contribution in [-0.4, -0.2) is 12.6 Å². The van der Waals surface area contributed by atoms with Gasteiger partial charge >= 0.3 is 5.97 Å². The average molecular weight is 287 g/mol. The largest absolute Gasteiger partial charge is 0.464 e. The van der Waals surface area contributed by atoms with Gasteiger partial charge in [-0.1, -0.05) is 36.4 Å². The summed E-state index contributed by atoms with van der Waals surface area (Å²) in [7, 11) is 0. The first kappa shape index (κ1) is 15.0. The molecule has 4 heteroatoms. The Morgan fingerprint density at radius 1 is 1.24 bits per heavy atom. The Kier molecular flexibility index (Phi) is 4.93. The van der Waals surface area contributed by atoms with Gasteiger partial charge in [0.15, 0.2) is 6.04 Å². The number of carbonyl (C=O) groups excluding carboxylic acids is 1. The average Bonchev–Trinajstić information content (AvgIpc) is 2.49. The number of aryl methyl sites for hydroxylation is 1. The molecule has 2 aromatic carbocycles. The summed E-state index contributed by atoms with van der Waals surface area (Å²) in [6, 6.07) is 13.1. The van der Waals surface area contributed by atoms with Crippen LogP contribution in [0.15, 0.2) is 48.5 Å². The van der Waals surface area contributed by atoms with Crippen LogP contribution in [0.4, 0.5) is 10.1 Å². The van der Waals surface area contributed by atoms with Crippen molar-refractivity contribution < 1.29 is 13.9 Å². The van der Waals surface area contributed by atoms with E-state index >= 15 is 0 Å². The number of nitrogens with one attached hydrogen (secondary N) is 1. The van der Waals surface area contributed by atoms with Crippen molar-refractivity contribution >= 4 is 11.7 Å². The van der Waals surface area contributed by atoms with Gasteiger partial charge in [0.25, 0.3) is 0 Å². The van der Waals surface area contributed by atoms with Gasteiger partial charge in [0.1, 0.15) is 5.82 Å². The summed E-state index contributed by atoms with van der Waals surface area (Å²) in [6.07, 6.45) is 0. The molecule has 0 amide bonds. The minimum Gasteiger partial charge on any atom is -0.464 e. The first-order valence-corrected chi connectivity index (χ1v) is 6.86. The third-order valence-corrected chi connectivity index (χ3v) is 3.08. The second-order valence-corrected chi connectivity index (χ2v) is 4.72. The van der Waals surface area contributed by atoms with E-state index in [4.69, 9.17) is 4.74 Å². The maximum absolute atomic E-state index is 13.9. The fourth-order valence-corrected chi connectivity index (χ4v) is 2.05. The lowest BCUT2D eigenvalue weighted by Gasteiger charge is -2.19. The van der Waals surface area contributed by atoms with Crippen LogP contribution < -0.4 is 5.32 Å². The molecule has 3 nitrogen and oxygen atoms in total. The van der Waals surface area contributed by atoms with Crippen molar-refractivity contribution in [2.75, 3.05) is 11.9 Å². The highest BCUT2D eigenvalue weighted by Crippen LogP contribution is 2.24. The standard InChI is InChI=1S/C17H18FNO2/c1-3-21-17(20)16(13-7-5-4-6-8-13)19-15-11-12(2)9-10-14(15)18/h4-11,16,19H,3H2,1-2H3. The van der Waals surface area contributed by atoms with Crippen molar-refractivity contribution in [2.45, 2.75) is 19.9 Å². The molecule has 0 saturated heterocycles. The molecule has 0 radical (unpaired) electrons. The van der Waals surface area contributed by atoms with Crippen LogP contribution in [0.1, 0.15) is 24.1 Å². The number of carbonyl (C=O) groups is 1. The van der Waals surface area contributed by atoms with Crippen LogP contribution in [-0.2, 0) is 9.53 Å². The fraction of sp³-hybridized carbons (Fsp3) is 0.235. The van der Waals surface area contributed by atoms with Gasteiger partial charge < -0.3 is 10.1 Å². The number of rotatable bonds is 5. The summed E-state index contributed by atoms with van der Waals surface area (Å²) in [6.45, 7) is 3.89. The van der Waals surface area contributed by atoms with Gasteiger partial charge in [-0.2, -0.15) is 0 Å². The van der Waals surface area contributed by atoms with Crippen LogP contribution in [0.5, 0.6) is 0 Å². The van der Waals surface area contributed by atoms with Crippen LogP contribution >= 0.6 is 0 Å². The summed E-state index contributed by atoms with van der Waals surface area (Å²) in [4.78, 5) is 12.1. The maximum atomic E-state index is 13.9. The van der Waals surface area contributed by atoms with Crippen LogP contribution in [0.2, 0.25) is 0 Å². The van der Waals surface area contributed by atoms with E-state index in [0.717, 1.165) is 11.1 Å². The molecule has 0 saturated carbocycles. The van der Waals surface area contributed by atoms with E-state index < -0.39 is 17.8 Å². The normalized spacial score (nSPS) is 11.8. The molecule has 2 aromatic rings. The number of anilines is 1. The molecule has 0 fully saturated rings. The number of ether oxygens (including phenoxy) is 1. The van der Waals surface area contributed by atoms with Gasteiger partial charge in [0.2, 0.25) is 0 Å². The van der Waals surface area contributed by atoms with Crippen LogP contribution in [0.3, 0.4) is 0 Å². The van der Waals surface area contributed by atoms with Crippen molar-refractivity contribution in [3.8, 4) is 0 Å². The van der Waals surface area contributed by atoms with Gasteiger partial charge in [0.05, 0.1) is 12.3 Å². The molecule has 0 heterocycles. The second-order valence-electron chi connectivity index (χ2n) is 4.72. The molecule has 1 N–H and O–H groups in total. The van der Waals surface area contributed by atoms with Crippen molar-refractivity contribution in [1.82, 2.24) is 0 Å². The van der Waals surface area contributed by atoms with E-state index in [1.807, 2.05) is 37.3 Å². The molecule has 1 atom stereocenters. The zero-order chi connectivity index (χ0) is 15.2. The van der Waals surface area contributed by atoms with E-state index in [-0.39, 0.29) is 12.3 Å². The summed E-state index contributed by atoms with van der Waals surface area (Å²) < 4.78 is 19.0. The third kappa shape index (κ3) is 3.81. The molecule has 21 heavy (non-hydrogen) atoms. The Labute approximate surface area is 123 Å². The van der Waals surface area contributed by atoms with Crippen molar-refractivity contribution in [2.24, 2.45) is 0 Å². The van der Waals surface area contributed by atoms with Crippen LogP contribution in [0, 0.1) is 12.7 Å². The van der Waals surface area contributed by atoms with Gasteiger partial charge in [-0.25, -0.2) is 9.18 Å². The number of halogens is 1. The van der Waals surface area contributed by atoms with Gasteiger partial charge in [-0.05, 0) is 37.1 Å². The van der Waals surface area contributed by atoms with E-state index in [2.05, 4.69) is 5.32 Å². The van der Waals surface area contributed by atoms with E-state index in [9.17, 15) is 9.18 Å². The highest BCUT2D eigenvalue weighted by molar-refractivity contribution is 5.81. The topological polar surface area (TPSA) is 38.3 Å². The zero-order valence-corrected chi connectivity index (χ0v) is 12.1. The summed E-state index contributed by atoms with van der Waals surface area (Å²) >= 11 is 0. The molecule has 0 aliphatic carbocycles. The van der Waals surface area contributed by atoms with Crippen LogP contribution in [0.25, 0.3) is 0 Å². The molecule has 1 unspecified atom stereocenters. The van der Waals surface area contributed by atoms with Crippen molar-refractivity contribution in [1.29, 1.82) is 0 Å². The zero-order valence-electron chi connectivity index (χ0n) is 12.1. The summed E-state index contributed by atoms with van der Waals surface area (Å²) in [5.74, 6) is -0.824. The minimum atomic E-state index is -0.734. The highest BCUT2D eigenvalue weighted by Gasteiger charge is 2.22. The summed E-state index contributed by atoms with van der Waals surface area (Å²) in [5.41, 5.74) is 1.93. The SMILES string of the molecule is CCOC(=O)C(Nc1cc(C)ccc1F)c1ccccc1. The molecule has 0 aliphatic rings. The molecular weight excluding hydrogens is 269 g/mol. The van der Waals surface area contributed by atoms with E-state index in [1.54, 1.807) is 19.1 Å². The number of esters is 1. The smallest absolute Gasteiger partial charge is 0.333 e. The minimum absolute atomic E-state index is 0.278. The number of hydrogen-bond acceptors (Lipinski definition) is 3. The molecule has 110 valence electrons. The van der Waals surface area contributed by atoms with Gasteiger partial charge in [0, 0.05) is 0 Å². The molecule has 0 bridgehead atoms. The Morgan fingerprint density at radius 2 is 1.95 bits per heavy atom. The molecule has 0 aromatic heterocycles. The quantitative estimate of drug-likeness (QED) is 0.849. The van der Waals surface area contributed by atoms with Gasteiger partial charge in [-0.15, -0.1) is 0 Å². The lowest BCUT2D eigenvalue weighted by atomic mass is 10.1. The van der Waals surface area contributed by atoms with Crippen molar-refractivity contribution in [3.05, 3.63) is 65.5 Å². The fourth-order valence-electron chi connectivity index (χ4n) is 2.05. The molecular formula is C17H18FNO2. The molecule has 0 spiro atoms. The van der Waals surface area contributed by atoms with Crippen molar-refractivity contribution in [3.63, 3.8) is 0 Å².